The lowest BCUT2D eigenvalue weighted by atomic mass is 9.81. The molecule has 0 aromatic rings. The third kappa shape index (κ3) is 5.32. The summed E-state index contributed by atoms with van der Waals surface area (Å²) in [5.41, 5.74) is 0.415. The van der Waals surface area contributed by atoms with Crippen molar-refractivity contribution in [3.05, 3.63) is 0 Å². The summed E-state index contributed by atoms with van der Waals surface area (Å²) < 4.78 is 5.76. The smallest absolute Gasteiger partial charge is 0.0594 e. The number of nitrogens with one attached hydrogen (secondary N) is 1. The Morgan fingerprint density at radius 3 is 2.65 bits per heavy atom. The van der Waals surface area contributed by atoms with Crippen LogP contribution in [-0.4, -0.2) is 75.4 Å². The first-order valence-corrected chi connectivity index (χ1v) is 8.40. The highest BCUT2D eigenvalue weighted by Crippen LogP contribution is 2.30. The van der Waals surface area contributed by atoms with E-state index in [4.69, 9.17) is 4.74 Å². The second-order valence-corrected chi connectivity index (χ2v) is 6.81. The molecule has 0 bridgehead atoms. The molecular weight excluding hydrogens is 250 g/mol. The SMILES string of the molecule is CN(C)CCOCCN1CCCNC2(CCCCC2)C1. The van der Waals surface area contributed by atoms with Gasteiger partial charge in [-0.1, -0.05) is 19.3 Å². The molecule has 4 nitrogen and oxygen atoms in total. The number of ether oxygens (including phenoxy) is 1. The first-order valence-electron chi connectivity index (χ1n) is 8.40. The van der Waals surface area contributed by atoms with Gasteiger partial charge in [0, 0.05) is 25.2 Å². The molecule has 0 aromatic carbocycles. The van der Waals surface area contributed by atoms with E-state index in [1.165, 1.54) is 58.2 Å². The Morgan fingerprint density at radius 2 is 1.90 bits per heavy atom. The molecule has 1 heterocycles. The molecule has 2 aliphatic rings. The predicted molar refractivity (Wildman–Crippen MR) is 84.2 cm³/mol. The van der Waals surface area contributed by atoms with E-state index >= 15 is 0 Å². The summed E-state index contributed by atoms with van der Waals surface area (Å²) in [6.45, 7) is 7.49. The monoisotopic (exact) mass is 283 g/mol. The molecule has 1 saturated carbocycles. The van der Waals surface area contributed by atoms with Crippen molar-refractivity contribution >= 4 is 0 Å². The summed E-state index contributed by atoms with van der Waals surface area (Å²) in [5, 5.41) is 3.85. The maximum atomic E-state index is 5.76. The van der Waals surface area contributed by atoms with Gasteiger partial charge in [0.1, 0.15) is 0 Å². The molecule has 2 fully saturated rings. The quantitative estimate of drug-likeness (QED) is 0.749. The molecule has 0 atom stereocenters. The Balaban J connectivity index is 1.70. The zero-order valence-corrected chi connectivity index (χ0v) is 13.5. The molecule has 1 aliphatic carbocycles. The van der Waals surface area contributed by atoms with Crippen molar-refractivity contribution in [2.45, 2.75) is 44.1 Å². The van der Waals surface area contributed by atoms with Crippen molar-refractivity contribution in [2.24, 2.45) is 0 Å². The minimum Gasteiger partial charge on any atom is -0.379 e. The molecule has 1 saturated heterocycles. The van der Waals surface area contributed by atoms with Crippen LogP contribution >= 0.6 is 0 Å². The Labute approximate surface area is 124 Å². The van der Waals surface area contributed by atoms with Gasteiger partial charge < -0.3 is 15.0 Å². The van der Waals surface area contributed by atoms with Gasteiger partial charge in [0.15, 0.2) is 0 Å². The van der Waals surface area contributed by atoms with E-state index in [2.05, 4.69) is 29.2 Å². The second kappa shape index (κ2) is 8.32. The summed E-state index contributed by atoms with van der Waals surface area (Å²) in [7, 11) is 4.19. The fourth-order valence-corrected chi connectivity index (χ4v) is 3.52. The summed E-state index contributed by atoms with van der Waals surface area (Å²) >= 11 is 0. The standard InChI is InChI=1S/C16H33N3O/c1-18(2)11-13-20-14-12-19-10-6-9-17-16(15-19)7-4-3-5-8-16/h17H,3-15H2,1-2H3. The van der Waals surface area contributed by atoms with Gasteiger partial charge in [-0.2, -0.15) is 0 Å². The summed E-state index contributed by atoms with van der Waals surface area (Å²) in [5.74, 6) is 0. The highest BCUT2D eigenvalue weighted by Gasteiger charge is 2.34. The van der Waals surface area contributed by atoms with Gasteiger partial charge in [-0.25, -0.2) is 0 Å². The van der Waals surface area contributed by atoms with Gasteiger partial charge >= 0.3 is 0 Å². The van der Waals surface area contributed by atoms with Crippen molar-refractivity contribution < 1.29 is 4.74 Å². The van der Waals surface area contributed by atoms with Gasteiger partial charge in [-0.3, -0.25) is 4.90 Å². The van der Waals surface area contributed by atoms with Crippen molar-refractivity contribution in [3.8, 4) is 0 Å². The van der Waals surface area contributed by atoms with Gasteiger partial charge in [0.25, 0.3) is 0 Å². The van der Waals surface area contributed by atoms with Gasteiger partial charge in [0.05, 0.1) is 13.2 Å². The number of rotatable bonds is 6. The minimum atomic E-state index is 0.415. The fraction of sp³-hybridized carbons (Fsp3) is 1.00. The average molecular weight is 283 g/mol. The highest BCUT2D eigenvalue weighted by atomic mass is 16.5. The molecule has 20 heavy (non-hydrogen) atoms. The van der Waals surface area contributed by atoms with E-state index in [1.807, 2.05) is 0 Å². The Morgan fingerprint density at radius 1 is 1.10 bits per heavy atom. The topological polar surface area (TPSA) is 27.7 Å². The molecule has 0 amide bonds. The first kappa shape index (κ1) is 16.2. The van der Waals surface area contributed by atoms with E-state index in [9.17, 15) is 0 Å². The summed E-state index contributed by atoms with van der Waals surface area (Å²) in [4.78, 5) is 4.80. The van der Waals surface area contributed by atoms with Gasteiger partial charge in [-0.05, 0) is 46.4 Å². The largest absolute Gasteiger partial charge is 0.379 e. The third-order valence-electron chi connectivity index (χ3n) is 4.72. The maximum absolute atomic E-state index is 5.76. The number of hydrogen-bond acceptors (Lipinski definition) is 4. The molecule has 118 valence electrons. The molecule has 4 heteroatoms. The van der Waals surface area contributed by atoms with Crippen LogP contribution in [0.15, 0.2) is 0 Å². The van der Waals surface area contributed by atoms with Crippen molar-refractivity contribution in [1.29, 1.82) is 0 Å². The average Bonchev–Trinajstić information content (AvgIpc) is 2.62. The first-order chi connectivity index (χ1) is 9.70. The molecule has 0 aromatic heterocycles. The van der Waals surface area contributed by atoms with Crippen LogP contribution < -0.4 is 5.32 Å². The Bertz CT molecular complexity index is 264. The van der Waals surface area contributed by atoms with Crippen LogP contribution in [0, 0.1) is 0 Å². The van der Waals surface area contributed by atoms with Gasteiger partial charge in [0.2, 0.25) is 0 Å². The fourth-order valence-electron chi connectivity index (χ4n) is 3.52. The van der Waals surface area contributed by atoms with Crippen LogP contribution in [0.1, 0.15) is 38.5 Å². The van der Waals surface area contributed by atoms with Crippen molar-refractivity contribution in [2.75, 3.05) is 60.0 Å². The van der Waals surface area contributed by atoms with Crippen LogP contribution in [0.5, 0.6) is 0 Å². The van der Waals surface area contributed by atoms with Crippen LogP contribution in [0.4, 0.5) is 0 Å². The van der Waals surface area contributed by atoms with Crippen LogP contribution in [0.2, 0.25) is 0 Å². The molecule has 1 spiro atoms. The van der Waals surface area contributed by atoms with Crippen molar-refractivity contribution in [1.82, 2.24) is 15.1 Å². The lowest BCUT2D eigenvalue weighted by Crippen LogP contribution is -2.53. The Kier molecular flexibility index (Phi) is 6.75. The summed E-state index contributed by atoms with van der Waals surface area (Å²) in [6, 6.07) is 0. The number of hydrogen-bond donors (Lipinski definition) is 1. The number of nitrogens with zero attached hydrogens (tertiary/aromatic N) is 2. The van der Waals surface area contributed by atoms with E-state index in [-0.39, 0.29) is 0 Å². The maximum Gasteiger partial charge on any atom is 0.0594 e. The zero-order valence-electron chi connectivity index (χ0n) is 13.5. The lowest BCUT2D eigenvalue weighted by Gasteiger charge is -2.40. The van der Waals surface area contributed by atoms with E-state index in [0.29, 0.717) is 5.54 Å². The molecular formula is C16H33N3O. The second-order valence-electron chi connectivity index (χ2n) is 6.81. The molecule has 0 radical (unpaired) electrons. The van der Waals surface area contributed by atoms with E-state index in [1.54, 1.807) is 0 Å². The molecule has 1 aliphatic heterocycles. The van der Waals surface area contributed by atoms with Crippen LogP contribution in [-0.2, 0) is 4.74 Å². The highest BCUT2D eigenvalue weighted by molar-refractivity contribution is 4.95. The van der Waals surface area contributed by atoms with Crippen LogP contribution in [0.3, 0.4) is 0 Å². The molecule has 1 N–H and O–H groups in total. The Hall–Kier alpha value is -0.160. The van der Waals surface area contributed by atoms with Gasteiger partial charge in [-0.15, -0.1) is 0 Å². The molecule has 2 rings (SSSR count). The van der Waals surface area contributed by atoms with Crippen LogP contribution in [0.25, 0.3) is 0 Å². The zero-order chi connectivity index (χ0) is 14.3. The number of likely N-dealkylation sites (N-methyl/N-ethyl adjacent to an activating group) is 1. The normalized spacial score (nSPS) is 24.1. The molecule has 0 unspecified atom stereocenters. The van der Waals surface area contributed by atoms with Crippen molar-refractivity contribution in [3.63, 3.8) is 0 Å². The third-order valence-corrected chi connectivity index (χ3v) is 4.72. The minimum absolute atomic E-state index is 0.415. The predicted octanol–water partition coefficient (Wildman–Crippen LogP) is 1.56. The lowest BCUT2D eigenvalue weighted by molar-refractivity contribution is 0.0812. The van der Waals surface area contributed by atoms with E-state index in [0.717, 1.165) is 26.3 Å². The summed E-state index contributed by atoms with van der Waals surface area (Å²) in [6.07, 6.45) is 8.24. The van der Waals surface area contributed by atoms with E-state index < -0.39 is 0 Å².